The lowest BCUT2D eigenvalue weighted by Gasteiger charge is -2.18. The van der Waals surface area contributed by atoms with Crippen molar-refractivity contribution in [1.29, 1.82) is 0 Å². The summed E-state index contributed by atoms with van der Waals surface area (Å²) in [7, 11) is 0. The van der Waals surface area contributed by atoms with Crippen LogP contribution < -0.4 is 10.6 Å². The highest BCUT2D eigenvalue weighted by Crippen LogP contribution is 2.21. The second-order valence-electron chi connectivity index (χ2n) is 5.32. The lowest BCUT2D eigenvalue weighted by atomic mass is 10.1. The molecule has 0 saturated carbocycles. The summed E-state index contributed by atoms with van der Waals surface area (Å²) in [4.78, 5) is 44.8. The fourth-order valence-corrected chi connectivity index (χ4v) is 2.58. The van der Waals surface area contributed by atoms with E-state index in [2.05, 4.69) is 5.32 Å². The Morgan fingerprint density at radius 2 is 1.58 bits per heavy atom. The van der Waals surface area contributed by atoms with Crippen molar-refractivity contribution in [3.05, 3.63) is 27.3 Å². The molecule has 2 atom stereocenters. The van der Waals surface area contributed by atoms with E-state index in [0.29, 0.717) is 9.13 Å². The monoisotopic (exact) mass is 480 g/mol. The van der Waals surface area contributed by atoms with E-state index < -0.39 is 42.4 Å². The fraction of sp³-hybridized carbons (Fsp3) is 0.333. The maximum atomic E-state index is 11.9. The number of carbonyl (C=O) groups excluding carboxylic acids is 1. The molecule has 0 aliphatic carbocycles. The van der Waals surface area contributed by atoms with Crippen molar-refractivity contribution in [2.75, 3.05) is 0 Å². The minimum absolute atomic E-state index is 0.0367. The van der Waals surface area contributed by atoms with Crippen LogP contribution in [0, 0.1) is 3.57 Å². The average Bonchev–Trinajstić information content (AvgIpc) is 2.53. The summed E-state index contributed by atoms with van der Waals surface area (Å²) in [6.07, 6.45) is -0.899. The van der Waals surface area contributed by atoms with E-state index in [0.717, 1.165) is 0 Å². The number of carboxylic acids is 3. The van der Waals surface area contributed by atoms with Gasteiger partial charge in [-0.05, 0) is 46.7 Å². The van der Waals surface area contributed by atoms with Crippen LogP contribution in [-0.2, 0) is 20.8 Å². The lowest BCUT2D eigenvalue weighted by Crippen LogP contribution is -2.51. The molecule has 1 aromatic carbocycles. The normalized spacial score (nSPS) is 12.7. The van der Waals surface area contributed by atoms with Crippen LogP contribution in [0.1, 0.15) is 18.4 Å². The smallest absolute Gasteiger partial charge is 0.326 e. The molecule has 0 aliphatic heterocycles. The third-order valence-electron chi connectivity index (χ3n) is 3.31. The number of urea groups is 1. The largest absolute Gasteiger partial charge is 0.507 e. The SMILES string of the molecule is O=C(O)CCC(NC(=O)N[C@@H](Cc1ccc(O)c(I)c1)C(=O)O)C(=O)O. The topological polar surface area (TPSA) is 173 Å². The van der Waals surface area contributed by atoms with Gasteiger partial charge in [0, 0.05) is 12.8 Å². The summed E-state index contributed by atoms with van der Waals surface area (Å²) in [5, 5.41) is 40.5. The van der Waals surface area contributed by atoms with E-state index in [9.17, 15) is 29.4 Å². The first kappa shape index (κ1) is 21.5. The Hall–Kier alpha value is -2.57. The summed E-state index contributed by atoms with van der Waals surface area (Å²) in [6.45, 7) is 0. The van der Waals surface area contributed by atoms with Crippen molar-refractivity contribution in [2.45, 2.75) is 31.3 Å². The van der Waals surface area contributed by atoms with E-state index in [1.807, 2.05) is 27.9 Å². The Bertz CT molecular complexity index is 709. The van der Waals surface area contributed by atoms with Gasteiger partial charge in [0.15, 0.2) is 0 Å². The molecule has 0 heterocycles. The number of benzene rings is 1. The molecule has 1 unspecified atom stereocenters. The molecule has 6 N–H and O–H groups in total. The van der Waals surface area contributed by atoms with Gasteiger partial charge in [0.1, 0.15) is 17.8 Å². The molecular formula is C15H17IN2O8. The molecule has 0 saturated heterocycles. The average molecular weight is 480 g/mol. The summed E-state index contributed by atoms with van der Waals surface area (Å²) in [5.74, 6) is -3.94. The van der Waals surface area contributed by atoms with E-state index in [1.165, 1.54) is 12.1 Å². The van der Waals surface area contributed by atoms with Crippen LogP contribution in [0.25, 0.3) is 0 Å². The predicted octanol–water partition coefficient (Wildman–Crippen LogP) is 0.610. The molecule has 1 rings (SSSR count). The van der Waals surface area contributed by atoms with Crippen LogP contribution in [0.2, 0.25) is 0 Å². The van der Waals surface area contributed by atoms with Crippen molar-refractivity contribution in [3.63, 3.8) is 0 Å². The number of aliphatic carboxylic acids is 3. The van der Waals surface area contributed by atoms with E-state index in [1.54, 1.807) is 6.07 Å². The number of amides is 2. The number of phenolic OH excluding ortho intramolecular Hbond substituents is 1. The number of hydrogen-bond donors (Lipinski definition) is 6. The molecule has 10 nitrogen and oxygen atoms in total. The molecule has 0 fully saturated rings. The van der Waals surface area contributed by atoms with Crippen LogP contribution in [0.3, 0.4) is 0 Å². The second kappa shape index (κ2) is 9.79. The summed E-state index contributed by atoms with van der Waals surface area (Å²) in [6, 6.07) is 0.601. The maximum absolute atomic E-state index is 11.9. The van der Waals surface area contributed by atoms with Gasteiger partial charge in [-0.15, -0.1) is 0 Å². The molecule has 2 amide bonds. The minimum atomic E-state index is -1.46. The first-order chi connectivity index (χ1) is 12.1. The highest BCUT2D eigenvalue weighted by Gasteiger charge is 2.25. The summed E-state index contributed by atoms with van der Waals surface area (Å²) in [5.41, 5.74) is 0.542. The van der Waals surface area contributed by atoms with Gasteiger partial charge in [-0.3, -0.25) is 4.79 Å². The van der Waals surface area contributed by atoms with Gasteiger partial charge in [0.2, 0.25) is 0 Å². The molecule has 142 valence electrons. The zero-order chi connectivity index (χ0) is 19.9. The molecular weight excluding hydrogens is 463 g/mol. The first-order valence-electron chi connectivity index (χ1n) is 7.32. The zero-order valence-corrected chi connectivity index (χ0v) is 15.5. The van der Waals surface area contributed by atoms with Crippen molar-refractivity contribution in [2.24, 2.45) is 0 Å². The number of halogens is 1. The molecule has 26 heavy (non-hydrogen) atoms. The first-order valence-corrected chi connectivity index (χ1v) is 8.39. The van der Waals surface area contributed by atoms with Crippen LogP contribution >= 0.6 is 22.6 Å². The standard InChI is InChI=1S/C15H17IN2O8/c16-8-5-7(1-3-11(8)19)6-10(14(24)25)18-15(26)17-9(13(22)23)2-4-12(20)21/h1,3,5,9-10,19H,2,4,6H2,(H,20,21)(H,22,23)(H,24,25)(H2,17,18,26)/t9?,10-/m0/s1. The van der Waals surface area contributed by atoms with Crippen LogP contribution in [0.4, 0.5) is 4.79 Å². The van der Waals surface area contributed by atoms with Gasteiger partial charge < -0.3 is 31.1 Å². The molecule has 11 heteroatoms. The van der Waals surface area contributed by atoms with Gasteiger partial charge in [0.25, 0.3) is 0 Å². The Kier molecular flexibility index (Phi) is 8.09. The van der Waals surface area contributed by atoms with Gasteiger partial charge in [-0.25, -0.2) is 14.4 Å². The predicted molar refractivity (Wildman–Crippen MR) is 95.9 cm³/mol. The second-order valence-corrected chi connectivity index (χ2v) is 6.48. The van der Waals surface area contributed by atoms with Gasteiger partial charge in [-0.2, -0.15) is 0 Å². The van der Waals surface area contributed by atoms with Crippen molar-refractivity contribution in [1.82, 2.24) is 10.6 Å². The number of rotatable bonds is 9. The van der Waals surface area contributed by atoms with Crippen molar-refractivity contribution in [3.8, 4) is 5.75 Å². The van der Waals surface area contributed by atoms with E-state index >= 15 is 0 Å². The molecule has 0 bridgehead atoms. The van der Waals surface area contributed by atoms with Gasteiger partial charge in [-0.1, -0.05) is 6.07 Å². The van der Waals surface area contributed by atoms with Crippen LogP contribution in [-0.4, -0.2) is 56.4 Å². The van der Waals surface area contributed by atoms with Gasteiger partial charge >= 0.3 is 23.9 Å². The fourth-order valence-electron chi connectivity index (χ4n) is 2.00. The number of aromatic hydroxyl groups is 1. The Morgan fingerprint density at radius 3 is 2.08 bits per heavy atom. The van der Waals surface area contributed by atoms with Crippen LogP contribution in [0.5, 0.6) is 5.75 Å². The van der Waals surface area contributed by atoms with Crippen molar-refractivity contribution >= 4 is 46.5 Å². The Balaban J connectivity index is 2.74. The Labute approximate surface area is 161 Å². The molecule has 1 aromatic rings. The van der Waals surface area contributed by atoms with Gasteiger partial charge in [0.05, 0.1) is 3.57 Å². The highest BCUT2D eigenvalue weighted by molar-refractivity contribution is 14.1. The summed E-state index contributed by atoms with van der Waals surface area (Å²) >= 11 is 1.87. The van der Waals surface area contributed by atoms with E-state index in [4.69, 9.17) is 10.2 Å². The quantitative estimate of drug-likeness (QED) is 0.279. The number of hydrogen-bond acceptors (Lipinski definition) is 5. The van der Waals surface area contributed by atoms with E-state index in [-0.39, 0.29) is 18.6 Å². The zero-order valence-electron chi connectivity index (χ0n) is 13.3. The van der Waals surface area contributed by atoms with Crippen molar-refractivity contribution < 1.29 is 39.6 Å². The Morgan fingerprint density at radius 1 is 1.00 bits per heavy atom. The number of phenols is 1. The third kappa shape index (κ3) is 7.13. The molecule has 0 spiro atoms. The number of carbonyl (C=O) groups is 4. The highest BCUT2D eigenvalue weighted by atomic mass is 127. The molecule has 0 aromatic heterocycles. The maximum Gasteiger partial charge on any atom is 0.326 e. The number of carboxylic acid groups (broad SMARTS) is 3. The molecule has 0 radical (unpaired) electrons. The number of nitrogens with one attached hydrogen (secondary N) is 2. The molecule has 0 aliphatic rings. The third-order valence-corrected chi connectivity index (χ3v) is 4.17. The summed E-state index contributed by atoms with van der Waals surface area (Å²) < 4.78 is 0.508. The minimum Gasteiger partial charge on any atom is -0.507 e. The lowest BCUT2D eigenvalue weighted by molar-refractivity contribution is -0.140. The van der Waals surface area contributed by atoms with Crippen LogP contribution in [0.15, 0.2) is 18.2 Å².